The third-order valence-electron chi connectivity index (χ3n) is 4.10. The molecular weight excluding hydrogens is 347 g/mol. The largest absolute Gasteiger partial charge is 0.471 e. The van der Waals surface area contributed by atoms with Crippen LogP contribution in [0.2, 0.25) is 0 Å². The summed E-state index contributed by atoms with van der Waals surface area (Å²) in [5.74, 6) is -1.76. The maximum Gasteiger partial charge on any atom is 0.471 e. The summed E-state index contributed by atoms with van der Waals surface area (Å²) in [5.41, 5.74) is -0.186. The number of aryl methyl sites for hydroxylation is 1. The van der Waals surface area contributed by atoms with E-state index in [2.05, 4.69) is 5.10 Å². The maximum absolute atomic E-state index is 12.5. The van der Waals surface area contributed by atoms with Gasteiger partial charge < -0.3 is 15.0 Å². The number of aromatic nitrogens is 2. The number of nitrogens with zero attached hydrogens (tertiary/aromatic N) is 4. The number of amides is 1. The minimum Gasteiger partial charge on any atom is -0.379 e. The van der Waals surface area contributed by atoms with Crippen molar-refractivity contribution in [2.75, 3.05) is 25.1 Å². The predicted molar refractivity (Wildman–Crippen MR) is 80.1 cm³/mol. The average molecular weight is 365 g/mol. The molecule has 2 rings (SSSR count). The topological polar surface area (TPSA) is 103 Å². The lowest BCUT2D eigenvalue weighted by Gasteiger charge is -2.24. The second-order valence-electron chi connectivity index (χ2n) is 5.65. The van der Waals surface area contributed by atoms with Crippen molar-refractivity contribution in [2.24, 2.45) is 7.05 Å². The highest BCUT2D eigenvalue weighted by Crippen LogP contribution is 2.29. The molecule has 0 spiro atoms. The number of carbonyl (C=O) groups is 1. The van der Waals surface area contributed by atoms with Gasteiger partial charge in [-0.2, -0.15) is 18.3 Å². The van der Waals surface area contributed by atoms with E-state index in [-0.39, 0.29) is 24.5 Å². The molecule has 1 aliphatic heterocycles. The Labute approximate surface area is 140 Å². The number of carbonyl (C=O) groups excluding carboxylic acids is 1. The zero-order chi connectivity index (χ0) is 18.8. The van der Waals surface area contributed by atoms with Crippen molar-refractivity contribution in [3.63, 3.8) is 0 Å². The highest BCUT2D eigenvalue weighted by Gasteiger charge is 2.41. The summed E-state index contributed by atoms with van der Waals surface area (Å²) in [6, 6.07) is -0.851. The van der Waals surface area contributed by atoms with E-state index in [1.54, 1.807) is 11.9 Å². The van der Waals surface area contributed by atoms with Crippen LogP contribution in [0.25, 0.3) is 0 Å². The molecule has 0 saturated carbocycles. The number of hydrogen-bond donors (Lipinski definition) is 1. The Hall–Kier alpha value is -2.37. The zero-order valence-corrected chi connectivity index (χ0v) is 13.6. The third-order valence-corrected chi connectivity index (χ3v) is 4.10. The Kier molecular flexibility index (Phi) is 5.50. The van der Waals surface area contributed by atoms with Gasteiger partial charge in [0.1, 0.15) is 6.20 Å². The minimum absolute atomic E-state index is 0.142. The molecule has 0 aromatic carbocycles. The van der Waals surface area contributed by atoms with E-state index in [0.29, 0.717) is 13.0 Å². The van der Waals surface area contributed by atoms with Crippen LogP contribution in [0, 0.1) is 10.1 Å². The molecule has 140 valence electrons. The van der Waals surface area contributed by atoms with Crippen LogP contribution < -0.4 is 10.2 Å². The Bertz CT molecular complexity index is 648. The number of hydrogen-bond acceptors (Lipinski definition) is 6. The summed E-state index contributed by atoms with van der Waals surface area (Å²) in [5, 5.41) is 16.9. The SMILES string of the molecule is COC1CCN(c2c([N+](=O)[O-])cnn2C)CCC1NC(=O)C(F)(F)F. The summed E-state index contributed by atoms with van der Waals surface area (Å²) >= 11 is 0. The first-order chi connectivity index (χ1) is 11.6. The van der Waals surface area contributed by atoms with E-state index in [1.165, 1.54) is 11.8 Å². The fraction of sp³-hybridized carbons (Fsp3) is 0.692. The molecule has 2 unspecified atom stereocenters. The lowest BCUT2D eigenvalue weighted by atomic mass is 10.1. The normalized spacial score (nSPS) is 21.7. The molecule has 0 aliphatic carbocycles. The van der Waals surface area contributed by atoms with E-state index in [9.17, 15) is 28.1 Å². The van der Waals surface area contributed by atoms with Gasteiger partial charge in [-0.3, -0.25) is 14.9 Å². The number of anilines is 1. The van der Waals surface area contributed by atoms with Crippen molar-refractivity contribution in [3.8, 4) is 0 Å². The highest BCUT2D eigenvalue weighted by molar-refractivity contribution is 5.82. The molecule has 1 aromatic heterocycles. The average Bonchev–Trinajstić information content (AvgIpc) is 2.79. The Balaban J connectivity index is 2.18. The van der Waals surface area contributed by atoms with Gasteiger partial charge in [-0.05, 0) is 12.8 Å². The molecule has 0 bridgehead atoms. The quantitative estimate of drug-likeness (QED) is 0.631. The summed E-state index contributed by atoms with van der Waals surface area (Å²) in [6.07, 6.45) is -4.06. The van der Waals surface area contributed by atoms with E-state index in [1.807, 2.05) is 5.32 Å². The van der Waals surface area contributed by atoms with E-state index >= 15 is 0 Å². The van der Waals surface area contributed by atoms with Crippen molar-refractivity contribution in [1.82, 2.24) is 15.1 Å². The number of methoxy groups -OCH3 is 1. The van der Waals surface area contributed by atoms with E-state index < -0.39 is 29.2 Å². The van der Waals surface area contributed by atoms with Gasteiger partial charge in [-0.25, -0.2) is 4.68 Å². The molecule has 1 amide bonds. The standard InChI is InChI=1S/C13H18F3N5O4/c1-19-11(9(7-17-19)21(23)24)20-5-3-8(10(25-2)4-6-20)18-12(22)13(14,15)16/h7-8,10H,3-6H2,1-2H3,(H,18,22). The molecule has 1 fully saturated rings. The fourth-order valence-corrected chi connectivity index (χ4v) is 2.90. The smallest absolute Gasteiger partial charge is 0.379 e. The molecule has 0 radical (unpaired) electrons. The number of alkyl halides is 3. The highest BCUT2D eigenvalue weighted by atomic mass is 19.4. The maximum atomic E-state index is 12.5. The van der Waals surface area contributed by atoms with Gasteiger partial charge in [0.05, 0.1) is 17.1 Å². The molecular formula is C13H18F3N5O4. The molecule has 1 aliphatic rings. The number of rotatable bonds is 4. The van der Waals surface area contributed by atoms with Gasteiger partial charge in [0.15, 0.2) is 0 Å². The van der Waals surface area contributed by atoms with Crippen molar-refractivity contribution in [2.45, 2.75) is 31.2 Å². The van der Waals surface area contributed by atoms with E-state index in [4.69, 9.17) is 4.74 Å². The van der Waals surface area contributed by atoms with Gasteiger partial charge >= 0.3 is 17.8 Å². The Morgan fingerprint density at radius 2 is 2.08 bits per heavy atom. The zero-order valence-electron chi connectivity index (χ0n) is 13.6. The second-order valence-corrected chi connectivity index (χ2v) is 5.65. The summed E-state index contributed by atoms with van der Waals surface area (Å²) in [6.45, 7) is 0.528. The second kappa shape index (κ2) is 7.25. The molecule has 2 heterocycles. The van der Waals surface area contributed by atoms with Crippen LogP contribution in [-0.4, -0.2) is 59.1 Å². The number of nitrogens with one attached hydrogen (secondary N) is 1. The van der Waals surface area contributed by atoms with Crippen LogP contribution in [0.1, 0.15) is 12.8 Å². The predicted octanol–water partition coefficient (Wildman–Crippen LogP) is 0.991. The molecule has 1 N–H and O–H groups in total. The first-order valence-electron chi connectivity index (χ1n) is 7.47. The van der Waals surface area contributed by atoms with Crippen LogP contribution in [-0.2, 0) is 16.6 Å². The van der Waals surface area contributed by atoms with Crippen molar-refractivity contribution in [3.05, 3.63) is 16.3 Å². The molecule has 12 heteroatoms. The van der Waals surface area contributed by atoms with Crippen LogP contribution >= 0.6 is 0 Å². The first-order valence-corrected chi connectivity index (χ1v) is 7.47. The van der Waals surface area contributed by atoms with Crippen LogP contribution in [0.3, 0.4) is 0 Å². The van der Waals surface area contributed by atoms with Crippen LogP contribution in [0.5, 0.6) is 0 Å². The minimum atomic E-state index is -4.98. The van der Waals surface area contributed by atoms with Gasteiger partial charge in [0, 0.05) is 27.2 Å². The lowest BCUT2D eigenvalue weighted by Crippen LogP contribution is -2.49. The fourth-order valence-electron chi connectivity index (χ4n) is 2.90. The molecule has 2 atom stereocenters. The van der Waals surface area contributed by atoms with Gasteiger partial charge in [-0.15, -0.1) is 0 Å². The summed E-state index contributed by atoms with van der Waals surface area (Å²) < 4.78 is 44.0. The van der Waals surface area contributed by atoms with Gasteiger partial charge in [0.25, 0.3) is 0 Å². The summed E-state index contributed by atoms with van der Waals surface area (Å²) in [7, 11) is 2.89. The van der Waals surface area contributed by atoms with Gasteiger partial charge in [0.2, 0.25) is 5.82 Å². The van der Waals surface area contributed by atoms with Crippen LogP contribution in [0.15, 0.2) is 6.20 Å². The van der Waals surface area contributed by atoms with Gasteiger partial charge in [-0.1, -0.05) is 0 Å². The Morgan fingerprint density at radius 3 is 2.64 bits per heavy atom. The van der Waals surface area contributed by atoms with E-state index in [0.717, 1.165) is 6.20 Å². The van der Waals surface area contributed by atoms with Crippen molar-refractivity contribution < 1.29 is 27.6 Å². The van der Waals surface area contributed by atoms with Crippen molar-refractivity contribution >= 4 is 17.4 Å². The summed E-state index contributed by atoms with van der Waals surface area (Å²) in [4.78, 5) is 23.4. The molecule has 1 aromatic rings. The Morgan fingerprint density at radius 1 is 1.44 bits per heavy atom. The number of nitro groups is 1. The van der Waals surface area contributed by atoms with Crippen LogP contribution in [0.4, 0.5) is 24.7 Å². The first kappa shape index (κ1) is 19.0. The molecule has 25 heavy (non-hydrogen) atoms. The molecule has 1 saturated heterocycles. The number of halogens is 3. The number of ether oxygens (including phenoxy) is 1. The lowest BCUT2D eigenvalue weighted by molar-refractivity contribution is -0.384. The van der Waals surface area contributed by atoms with Crippen molar-refractivity contribution in [1.29, 1.82) is 0 Å². The third kappa shape index (κ3) is 4.18. The monoisotopic (exact) mass is 365 g/mol. The molecule has 9 nitrogen and oxygen atoms in total.